The molecular weight excluding hydrogens is 334 g/mol. The summed E-state index contributed by atoms with van der Waals surface area (Å²) in [4.78, 5) is 2.46. The normalized spacial score (nSPS) is 11.6. The fourth-order valence-corrected chi connectivity index (χ4v) is 3.53. The van der Waals surface area contributed by atoms with Gasteiger partial charge in [-0.15, -0.1) is 0 Å². The van der Waals surface area contributed by atoms with Crippen LogP contribution < -0.4 is 0 Å². The number of ether oxygens (including phenoxy) is 2. The predicted octanol–water partition coefficient (Wildman–Crippen LogP) is 6.42. The van der Waals surface area contributed by atoms with Gasteiger partial charge in [-0.3, -0.25) is 4.90 Å². The first-order chi connectivity index (χ1) is 13.3. The minimum atomic E-state index is -0.151. The van der Waals surface area contributed by atoms with E-state index in [0.29, 0.717) is 0 Å². The van der Waals surface area contributed by atoms with Crippen LogP contribution in [0, 0.1) is 0 Å². The zero-order valence-electron chi connectivity index (χ0n) is 18.1. The summed E-state index contributed by atoms with van der Waals surface area (Å²) in [5, 5.41) is 0. The molecule has 156 valence electrons. The van der Waals surface area contributed by atoms with Gasteiger partial charge >= 0.3 is 0 Å². The summed E-state index contributed by atoms with van der Waals surface area (Å²) < 4.78 is 10.8. The number of rotatable bonds is 18. The van der Waals surface area contributed by atoms with Crippen LogP contribution in [0.15, 0.2) is 30.3 Å². The molecule has 0 unspecified atom stereocenters. The average Bonchev–Trinajstić information content (AvgIpc) is 2.70. The van der Waals surface area contributed by atoms with E-state index in [9.17, 15) is 0 Å². The third kappa shape index (κ3) is 13.0. The lowest BCUT2D eigenvalue weighted by Gasteiger charge is -2.26. The second-order valence-electron chi connectivity index (χ2n) is 7.66. The summed E-state index contributed by atoms with van der Waals surface area (Å²) in [5.74, 6) is 0. The molecule has 0 heterocycles. The van der Waals surface area contributed by atoms with Crippen molar-refractivity contribution in [2.75, 3.05) is 27.3 Å². The molecule has 1 rings (SSSR count). The molecule has 3 heteroatoms. The number of hydrogen-bond donors (Lipinski definition) is 0. The molecule has 0 bridgehead atoms. The van der Waals surface area contributed by atoms with Gasteiger partial charge in [0.1, 0.15) is 0 Å². The van der Waals surface area contributed by atoms with Crippen LogP contribution in [0.5, 0.6) is 0 Å². The van der Waals surface area contributed by atoms with Gasteiger partial charge in [-0.05, 0) is 18.5 Å². The van der Waals surface area contributed by atoms with Crippen LogP contribution in [0.1, 0.15) is 83.1 Å². The Morgan fingerprint density at radius 3 is 1.78 bits per heavy atom. The largest absolute Gasteiger partial charge is 0.355 e. The smallest absolute Gasteiger partial charge is 0.169 e. The van der Waals surface area contributed by atoms with Crippen molar-refractivity contribution in [3.8, 4) is 0 Å². The topological polar surface area (TPSA) is 21.7 Å². The summed E-state index contributed by atoms with van der Waals surface area (Å²) in [6.45, 7) is 5.17. The van der Waals surface area contributed by atoms with Crippen LogP contribution in [0.4, 0.5) is 0 Å². The van der Waals surface area contributed by atoms with Crippen molar-refractivity contribution in [1.29, 1.82) is 0 Å². The third-order valence-corrected chi connectivity index (χ3v) is 5.26. The van der Waals surface area contributed by atoms with Crippen LogP contribution in [0.3, 0.4) is 0 Å². The van der Waals surface area contributed by atoms with Crippen LogP contribution in [-0.4, -0.2) is 38.5 Å². The first-order valence-corrected chi connectivity index (χ1v) is 11.1. The minimum Gasteiger partial charge on any atom is -0.355 e. The lowest BCUT2D eigenvalue weighted by Crippen LogP contribution is -2.34. The van der Waals surface area contributed by atoms with Crippen molar-refractivity contribution in [3.05, 3.63) is 35.9 Å². The molecule has 0 aliphatic rings. The van der Waals surface area contributed by atoms with Gasteiger partial charge in [-0.1, -0.05) is 101 Å². The van der Waals surface area contributed by atoms with Gasteiger partial charge in [0.2, 0.25) is 0 Å². The maximum atomic E-state index is 5.41. The van der Waals surface area contributed by atoms with E-state index in [0.717, 1.165) is 19.6 Å². The second kappa shape index (κ2) is 17.2. The Bertz CT molecular complexity index is 420. The first kappa shape index (κ1) is 24.1. The highest BCUT2D eigenvalue weighted by Gasteiger charge is 2.13. The standard InChI is InChI=1S/C24H43NO2/c1-4-5-6-7-8-9-10-11-12-13-17-20-25(22-24(26-2)27-3)21-23-18-15-14-16-19-23/h14-16,18-19,24H,4-13,17,20-22H2,1-3H3. The number of unbranched alkanes of at least 4 members (excludes halogenated alkanes) is 10. The van der Waals surface area contributed by atoms with E-state index >= 15 is 0 Å². The Balaban J connectivity index is 2.17. The van der Waals surface area contributed by atoms with Gasteiger partial charge < -0.3 is 9.47 Å². The van der Waals surface area contributed by atoms with Crippen molar-refractivity contribution >= 4 is 0 Å². The minimum absolute atomic E-state index is 0.151. The molecule has 0 aromatic heterocycles. The molecule has 0 saturated heterocycles. The van der Waals surface area contributed by atoms with Crippen LogP contribution in [0.2, 0.25) is 0 Å². The Labute approximate surface area is 168 Å². The molecule has 0 saturated carbocycles. The van der Waals surface area contributed by atoms with E-state index in [1.54, 1.807) is 14.2 Å². The van der Waals surface area contributed by atoms with Gasteiger partial charge in [-0.25, -0.2) is 0 Å². The molecule has 27 heavy (non-hydrogen) atoms. The van der Waals surface area contributed by atoms with Crippen molar-refractivity contribution in [1.82, 2.24) is 4.90 Å². The second-order valence-corrected chi connectivity index (χ2v) is 7.66. The molecule has 0 aliphatic carbocycles. The van der Waals surface area contributed by atoms with Gasteiger partial charge in [0, 0.05) is 27.3 Å². The predicted molar refractivity (Wildman–Crippen MR) is 116 cm³/mol. The summed E-state index contributed by atoms with van der Waals surface area (Å²) >= 11 is 0. The Hall–Kier alpha value is -0.900. The molecule has 1 aromatic rings. The summed E-state index contributed by atoms with van der Waals surface area (Å²) in [6.07, 6.45) is 15.1. The van der Waals surface area contributed by atoms with Crippen molar-refractivity contribution in [2.24, 2.45) is 0 Å². The zero-order chi connectivity index (χ0) is 19.6. The van der Waals surface area contributed by atoms with Crippen LogP contribution >= 0.6 is 0 Å². The fourth-order valence-electron chi connectivity index (χ4n) is 3.53. The van der Waals surface area contributed by atoms with Gasteiger partial charge in [0.15, 0.2) is 6.29 Å². The summed E-state index contributed by atoms with van der Waals surface area (Å²) in [7, 11) is 3.44. The van der Waals surface area contributed by atoms with E-state index in [1.807, 2.05) is 0 Å². The summed E-state index contributed by atoms with van der Waals surface area (Å²) in [5.41, 5.74) is 1.35. The first-order valence-electron chi connectivity index (χ1n) is 11.1. The Morgan fingerprint density at radius 1 is 0.741 bits per heavy atom. The maximum Gasteiger partial charge on any atom is 0.169 e. The van der Waals surface area contributed by atoms with Crippen LogP contribution in [0.25, 0.3) is 0 Å². The lowest BCUT2D eigenvalue weighted by atomic mass is 10.1. The molecular formula is C24H43NO2. The fraction of sp³-hybridized carbons (Fsp3) is 0.750. The molecule has 0 spiro atoms. The maximum absolute atomic E-state index is 5.41. The molecule has 0 fully saturated rings. The quantitative estimate of drug-likeness (QED) is 0.218. The highest BCUT2D eigenvalue weighted by Crippen LogP contribution is 2.13. The number of nitrogens with zero attached hydrogens (tertiary/aromatic N) is 1. The van der Waals surface area contributed by atoms with Gasteiger partial charge in [-0.2, -0.15) is 0 Å². The highest BCUT2D eigenvalue weighted by atomic mass is 16.7. The number of benzene rings is 1. The molecule has 0 amide bonds. The monoisotopic (exact) mass is 377 g/mol. The Morgan fingerprint density at radius 2 is 1.26 bits per heavy atom. The molecule has 1 aromatic carbocycles. The highest BCUT2D eigenvalue weighted by molar-refractivity contribution is 5.14. The van der Waals surface area contributed by atoms with E-state index < -0.39 is 0 Å². The molecule has 0 aliphatic heterocycles. The van der Waals surface area contributed by atoms with E-state index in [2.05, 4.69) is 42.2 Å². The molecule has 0 N–H and O–H groups in total. The molecule has 0 atom stereocenters. The lowest BCUT2D eigenvalue weighted by molar-refractivity contribution is -0.117. The van der Waals surface area contributed by atoms with Gasteiger partial charge in [0.05, 0.1) is 0 Å². The number of methoxy groups -OCH3 is 2. The Kier molecular flexibility index (Phi) is 15.4. The van der Waals surface area contributed by atoms with E-state index in [-0.39, 0.29) is 6.29 Å². The van der Waals surface area contributed by atoms with Gasteiger partial charge in [0.25, 0.3) is 0 Å². The van der Waals surface area contributed by atoms with E-state index in [4.69, 9.17) is 9.47 Å². The van der Waals surface area contributed by atoms with Crippen molar-refractivity contribution in [3.63, 3.8) is 0 Å². The SMILES string of the molecule is CCCCCCCCCCCCCN(Cc1ccccc1)CC(OC)OC. The zero-order valence-corrected chi connectivity index (χ0v) is 18.1. The average molecular weight is 378 g/mol. The number of hydrogen-bond acceptors (Lipinski definition) is 3. The van der Waals surface area contributed by atoms with Crippen LogP contribution in [-0.2, 0) is 16.0 Å². The molecule has 0 radical (unpaired) electrons. The molecule has 3 nitrogen and oxygen atoms in total. The van der Waals surface area contributed by atoms with Crippen molar-refractivity contribution in [2.45, 2.75) is 90.4 Å². The summed E-state index contributed by atoms with van der Waals surface area (Å²) in [6, 6.07) is 10.7. The van der Waals surface area contributed by atoms with Crippen molar-refractivity contribution < 1.29 is 9.47 Å². The van der Waals surface area contributed by atoms with E-state index in [1.165, 1.54) is 76.2 Å². The third-order valence-electron chi connectivity index (χ3n) is 5.26.